The summed E-state index contributed by atoms with van der Waals surface area (Å²) in [7, 11) is 0. The van der Waals surface area contributed by atoms with E-state index in [0.29, 0.717) is 13.0 Å². The van der Waals surface area contributed by atoms with Gasteiger partial charge in [-0.05, 0) is 33.1 Å². The van der Waals surface area contributed by atoms with E-state index >= 15 is 0 Å². The number of carboxylic acids is 1. The van der Waals surface area contributed by atoms with Crippen molar-refractivity contribution in [3.05, 3.63) is 0 Å². The Bertz CT molecular complexity index is 252. The van der Waals surface area contributed by atoms with Gasteiger partial charge in [0, 0.05) is 6.54 Å². The summed E-state index contributed by atoms with van der Waals surface area (Å²) in [5.41, 5.74) is 0. The van der Waals surface area contributed by atoms with Crippen molar-refractivity contribution in [1.82, 2.24) is 4.90 Å². The maximum Gasteiger partial charge on any atom is 0.410 e. The van der Waals surface area contributed by atoms with Gasteiger partial charge in [-0.15, -0.1) is 0 Å². The highest BCUT2D eigenvalue weighted by molar-refractivity contribution is 5.80. The van der Waals surface area contributed by atoms with E-state index in [9.17, 15) is 9.59 Å². The summed E-state index contributed by atoms with van der Waals surface area (Å²) in [5, 5.41) is 8.94. The maximum absolute atomic E-state index is 11.6. The molecule has 5 heteroatoms. The third kappa shape index (κ3) is 3.11. The number of piperidine rings is 1. The Hall–Kier alpha value is -1.26. The Morgan fingerprint density at radius 3 is 2.60 bits per heavy atom. The fraction of sp³-hybridized carbons (Fsp3) is 0.800. The number of carbonyl (C=O) groups excluding carboxylic acids is 1. The molecule has 0 bridgehead atoms. The number of aliphatic carboxylic acids is 1. The highest BCUT2D eigenvalue weighted by atomic mass is 16.6. The van der Waals surface area contributed by atoms with Crippen molar-refractivity contribution in [2.24, 2.45) is 0 Å². The zero-order valence-corrected chi connectivity index (χ0v) is 9.10. The quantitative estimate of drug-likeness (QED) is 0.757. The zero-order chi connectivity index (χ0) is 11.4. The minimum absolute atomic E-state index is 0.214. The molecular weight excluding hydrogens is 198 g/mol. The Kier molecular flexibility index (Phi) is 3.94. The minimum Gasteiger partial charge on any atom is -0.480 e. The largest absolute Gasteiger partial charge is 0.480 e. The minimum atomic E-state index is -0.949. The summed E-state index contributed by atoms with van der Waals surface area (Å²) in [6, 6.07) is -0.718. The molecule has 1 atom stereocenters. The molecule has 0 aromatic carbocycles. The Morgan fingerprint density at radius 1 is 1.40 bits per heavy atom. The smallest absolute Gasteiger partial charge is 0.410 e. The van der Waals surface area contributed by atoms with Crippen LogP contribution in [0.5, 0.6) is 0 Å². The lowest BCUT2D eigenvalue weighted by Gasteiger charge is -2.32. The van der Waals surface area contributed by atoms with Crippen LogP contribution in [0.15, 0.2) is 0 Å². The van der Waals surface area contributed by atoms with Gasteiger partial charge in [0.25, 0.3) is 0 Å². The van der Waals surface area contributed by atoms with Gasteiger partial charge in [0.1, 0.15) is 6.04 Å². The predicted octanol–water partition coefficient (Wildman–Crippen LogP) is 1.47. The summed E-state index contributed by atoms with van der Waals surface area (Å²) >= 11 is 0. The number of hydrogen-bond donors (Lipinski definition) is 1. The molecule has 1 amide bonds. The molecule has 0 spiro atoms. The third-order valence-electron chi connectivity index (χ3n) is 2.36. The highest BCUT2D eigenvalue weighted by Crippen LogP contribution is 2.18. The van der Waals surface area contributed by atoms with Crippen LogP contribution in [0.1, 0.15) is 33.1 Å². The van der Waals surface area contributed by atoms with Crippen LogP contribution < -0.4 is 0 Å². The van der Waals surface area contributed by atoms with Crippen molar-refractivity contribution < 1.29 is 19.4 Å². The van der Waals surface area contributed by atoms with Crippen molar-refractivity contribution in [2.45, 2.75) is 45.3 Å². The van der Waals surface area contributed by atoms with Crippen LogP contribution in [0.4, 0.5) is 4.79 Å². The Labute approximate surface area is 89.0 Å². The molecule has 5 nitrogen and oxygen atoms in total. The average molecular weight is 215 g/mol. The number of amides is 1. The molecule has 1 rings (SSSR count). The number of carbonyl (C=O) groups is 2. The van der Waals surface area contributed by atoms with E-state index in [2.05, 4.69) is 0 Å². The summed E-state index contributed by atoms with van der Waals surface area (Å²) in [6.45, 7) is 3.97. The molecular formula is C10H17NO4. The van der Waals surface area contributed by atoms with Gasteiger partial charge >= 0.3 is 12.1 Å². The number of rotatable bonds is 2. The molecule has 0 aliphatic carbocycles. The lowest BCUT2D eigenvalue weighted by atomic mass is 10.0. The second-order valence-corrected chi connectivity index (χ2v) is 3.98. The monoisotopic (exact) mass is 215 g/mol. The molecule has 86 valence electrons. The van der Waals surface area contributed by atoms with Crippen molar-refractivity contribution in [1.29, 1.82) is 0 Å². The van der Waals surface area contributed by atoms with E-state index in [1.165, 1.54) is 4.90 Å². The van der Waals surface area contributed by atoms with E-state index in [1.54, 1.807) is 13.8 Å². The first-order chi connectivity index (χ1) is 7.02. The van der Waals surface area contributed by atoms with Gasteiger partial charge in [0.2, 0.25) is 0 Å². The summed E-state index contributed by atoms with van der Waals surface area (Å²) in [4.78, 5) is 23.8. The lowest BCUT2D eigenvalue weighted by molar-refractivity contribution is -0.144. The number of ether oxygens (including phenoxy) is 1. The molecule has 15 heavy (non-hydrogen) atoms. The first-order valence-corrected chi connectivity index (χ1v) is 5.22. The fourth-order valence-corrected chi connectivity index (χ4v) is 1.68. The molecule has 1 aliphatic rings. The van der Waals surface area contributed by atoms with E-state index in [-0.39, 0.29) is 6.10 Å². The molecule has 0 aromatic heterocycles. The zero-order valence-electron chi connectivity index (χ0n) is 9.10. The number of nitrogens with zero attached hydrogens (tertiary/aromatic N) is 1. The standard InChI is InChI=1S/C10H17NO4/c1-7(2)15-10(14)11-6-4-3-5-8(11)9(12)13/h7-8H,3-6H2,1-2H3,(H,12,13)/t8-/m0/s1. The van der Waals surface area contributed by atoms with Crippen LogP contribution in [0.2, 0.25) is 0 Å². The molecule has 0 aromatic rings. The summed E-state index contributed by atoms with van der Waals surface area (Å²) < 4.78 is 4.99. The number of carboxylic acid groups (broad SMARTS) is 1. The topological polar surface area (TPSA) is 66.8 Å². The normalized spacial score (nSPS) is 21.5. The highest BCUT2D eigenvalue weighted by Gasteiger charge is 2.33. The lowest BCUT2D eigenvalue weighted by Crippen LogP contribution is -2.48. The molecule has 1 heterocycles. The van der Waals surface area contributed by atoms with E-state index < -0.39 is 18.1 Å². The van der Waals surface area contributed by atoms with Gasteiger partial charge in [-0.25, -0.2) is 9.59 Å². The molecule has 1 aliphatic heterocycles. The van der Waals surface area contributed by atoms with Crippen LogP contribution in [0, 0.1) is 0 Å². The van der Waals surface area contributed by atoms with Crippen LogP contribution in [-0.4, -0.2) is 40.8 Å². The molecule has 0 saturated carbocycles. The van der Waals surface area contributed by atoms with E-state index in [4.69, 9.17) is 9.84 Å². The third-order valence-corrected chi connectivity index (χ3v) is 2.36. The predicted molar refractivity (Wildman–Crippen MR) is 53.6 cm³/mol. The van der Waals surface area contributed by atoms with Crippen molar-refractivity contribution in [2.75, 3.05) is 6.54 Å². The van der Waals surface area contributed by atoms with Gasteiger partial charge < -0.3 is 9.84 Å². The van der Waals surface area contributed by atoms with Crippen molar-refractivity contribution in [3.8, 4) is 0 Å². The second-order valence-electron chi connectivity index (χ2n) is 3.98. The summed E-state index contributed by atoms with van der Waals surface area (Å²) in [5.74, 6) is -0.949. The average Bonchev–Trinajstić information content (AvgIpc) is 2.16. The number of hydrogen-bond acceptors (Lipinski definition) is 3. The Morgan fingerprint density at radius 2 is 2.07 bits per heavy atom. The van der Waals surface area contributed by atoms with Gasteiger partial charge in [0.15, 0.2) is 0 Å². The molecule has 0 unspecified atom stereocenters. The fourth-order valence-electron chi connectivity index (χ4n) is 1.68. The SMILES string of the molecule is CC(C)OC(=O)N1CCCC[C@H]1C(=O)O. The Balaban J connectivity index is 2.63. The number of likely N-dealkylation sites (tertiary alicyclic amines) is 1. The van der Waals surface area contributed by atoms with Crippen LogP contribution >= 0.6 is 0 Å². The van der Waals surface area contributed by atoms with E-state index in [0.717, 1.165) is 12.8 Å². The van der Waals surface area contributed by atoms with Gasteiger partial charge in [0.05, 0.1) is 6.10 Å². The van der Waals surface area contributed by atoms with Gasteiger partial charge in [-0.3, -0.25) is 4.90 Å². The van der Waals surface area contributed by atoms with Gasteiger partial charge in [-0.1, -0.05) is 0 Å². The first-order valence-electron chi connectivity index (χ1n) is 5.22. The summed E-state index contributed by atoms with van der Waals surface area (Å²) in [6.07, 6.45) is 1.48. The van der Waals surface area contributed by atoms with Crippen molar-refractivity contribution in [3.63, 3.8) is 0 Å². The maximum atomic E-state index is 11.6. The molecule has 1 fully saturated rings. The van der Waals surface area contributed by atoms with Crippen LogP contribution in [0.3, 0.4) is 0 Å². The molecule has 0 radical (unpaired) electrons. The molecule has 1 N–H and O–H groups in total. The van der Waals surface area contributed by atoms with Crippen LogP contribution in [0.25, 0.3) is 0 Å². The van der Waals surface area contributed by atoms with E-state index in [1.807, 2.05) is 0 Å². The molecule has 1 saturated heterocycles. The van der Waals surface area contributed by atoms with Crippen molar-refractivity contribution >= 4 is 12.1 Å². The van der Waals surface area contributed by atoms with Crippen LogP contribution in [-0.2, 0) is 9.53 Å². The first kappa shape index (κ1) is 11.8. The second kappa shape index (κ2) is 5.00. The van der Waals surface area contributed by atoms with Gasteiger partial charge in [-0.2, -0.15) is 0 Å².